The zero-order chi connectivity index (χ0) is 25.2. The second kappa shape index (κ2) is 10.3. The number of benzene rings is 2. The van der Waals surface area contributed by atoms with Gasteiger partial charge in [0.05, 0.1) is 25.3 Å². The Morgan fingerprint density at radius 3 is 2.54 bits per heavy atom. The summed E-state index contributed by atoms with van der Waals surface area (Å²) < 4.78 is 13.3. The number of carbonyl (C=O) groups is 1. The molecule has 186 valence electrons. The van der Waals surface area contributed by atoms with Crippen molar-refractivity contribution in [2.24, 2.45) is 0 Å². The fourth-order valence-corrected chi connectivity index (χ4v) is 5.12. The Balaban J connectivity index is 1.39. The molecule has 1 aromatic heterocycles. The van der Waals surface area contributed by atoms with Crippen LogP contribution in [0.4, 0.5) is 0 Å². The minimum atomic E-state index is -0.111. The summed E-state index contributed by atoms with van der Waals surface area (Å²) in [5.41, 5.74) is 8.62. The smallest absolute Gasteiger partial charge is 0.306 e. The summed E-state index contributed by atoms with van der Waals surface area (Å²) in [6.45, 7) is 14.4. The van der Waals surface area contributed by atoms with Crippen LogP contribution in [0.25, 0.3) is 11.1 Å². The molecule has 1 aliphatic carbocycles. The van der Waals surface area contributed by atoms with Crippen LogP contribution < -0.4 is 4.74 Å². The Bertz CT molecular complexity index is 1190. The van der Waals surface area contributed by atoms with Gasteiger partial charge in [0.25, 0.3) is 0 Å². The van der Waals surface area contributed by atoms with Gasteiger partial charge in [0.15, 0.2) is 0 Å². The lowest BCUT2D eigenvalue weighted by molar-refractivity contribution is -0.143. The van der Waals surface area contributed by atoms with Crippen molar-refractivity contribution in [3.8, 4) is 16.9 Å². The van der Waals surface area contributed by atoms with Crippen molar-refractivity contribution in [2.45, 2.75) is 78.7 Å². The van der Waals surface area contributed by atoms with E-state index in [0.717, 1.165) is 30.0 Å². The van der Waals surface area contributed by atoms with Gasteiger partial charge in [-0.05, 0) is 79.3 Å². The Morgan fingerprint density at radius 1 is 1.11 bits per heavy atom. The molecule has 5 heteroatoms. The molecule has 0 saturated heterocycles. The highest BCUT2D eigenvalue weighted by molar-refractivity contribution is 5.71. The molecule has 0 bridgehead atoms. The summed E-state index contributed by atoms with van der Waals surface area (Å²) in [5, 5.41) is 4.79. The molecule has 0 radical (unpaired) electrons. The average molecular weight is 475 g/mol. The fourth-order valence-electron chi connectivity index (χ4n) is 5.12. The van der Waals surface area contributed by atoms with Gasteiger partial charge in [0.1, 0.15) is 12.4 Å². The van der Waals surface area contributed by atoms with Crippen LogP contribution >= 0.6 is 0 Å². The highest BCUT2D eigenvalue weighted by Gasteiger charge is 2.25. The lowest BCUT2D eigenvalue weighted by Gasteiger charge is -2.19. The molecule has 3 aromatic rings. The molecule has 0 unspecified atom stereocenters. The third-order valence-electron chi connectivity index (χ3n) is 7.03. The number of esters is 1. The van der Waals surface area contributed by atoms with E-state index < -0.39 is 0 Å². The second-order valence-electron chi connectivity index (χ2n) is 10.6. The summed E-state index contributed by atoms with van der Waals surface area (Å²) in [6.07, 6.45) is 2.43. The molecule has 1 heterocycles. The molecule has 4 rings (SSSR count). The van der Waals surface area contributed by atoms with Gasteiger partial charge in [-0.15, -0.1) is 0 Å². The third kappa shape index (κ3) is 5.61. The van der Waals surface area contributed by atoms with Crippen molar-refractivity contribution in [1.29, 1.82) is 0 Å². The summed E-state index contributed by atoms with van der Waals surface area (Å²) in [6, 6.07) is 15.1. The lowest BCUT2D eigenvalue weighted by atomic mass is 9.86. The van der Waals surface area contributed by atoms with Crippen molar-refractivity contribution >= 4 is 5.97 Å². The number of aryl methyl sites for hydroxylation is 2. The minimum Gasteiger partial charge on any atom is -0.492 e. The molecule has 1 atom stereocenters. The van der Waals surface area contributed by atoms with E-state index in [1.54, 1.807) is 0 Å². The normalized spacial score (nSPS) is 15.2. The number of hydrogen-bond acceptors (Lipinski definition) is 4. The van der Waals surface area contributed by atoms with Gasteiger partial charge in [0, 0.05) is 11.3 Å². The van der Waals surface area contributed by atoms with Gasteiger partial charge in [-0.3, -0.25) is 9.48 Å². The van der Waals surface area contributed by atoms with Crippen molar-refractivity contribution in [3.63, 3.8) is 0 Å². The predicted molar refractivity (Wildman–Crippen MR) is 140 cm³/mol. The molecule has 35 heavy (non-hydrogen) atoms. The molecule has 0 aliphatic heterocycles. The van der Waals surface area contributed by atoms with Crippen LogP contribution in [-0.2, 0) is 27.9 Å². The molecule has 1 aliphatic rings. The highest BCUT2D eigenvalue weighted by atomic mass is 16.5. The summed E-state index contributed by atoms with van der Waals surface area (Å²) >= 11 is 0. The van der Waals surface area contributed by atoms with Crippen LogP contribution in [-0.4, -0.2) is 29.0 Å². The first kappa shape index (κ1) is 25.0. The molecule has 0 amide bonds. The van der Waals surface area contributed by atoms with Crippen molar-refractivity contribution < 1.29 is 14.3 Å². The van der Waals surface area contributed by atoms with Gasteiger partial charge in [-0.1, -0.05) is 51.1 Å². The molecular weight excluding hydrogens is 436 g/mol. The molecule has 5 nitrogen and oxygen atoms in total. The maximum absolute atomic E-state index is 11.9. The standard InChI is InChI=1S/C30H38N2O3/c1-7-34-28(33)19-24-9-8-23-18-26(14-15-27(23)24)35-17-16-32-21(3)29(20(2)31-32)22-10-12-25(13-11-22)30(4,5)6/h10-15,18,24H,7-9,16-17,19H2,1-6H3/t24-/m0/s1. The number of nitrogens with zero attached hydrogens (tertiary/aromatic N) is 2. The monoisotopic (exact) mass is 474 g/mol. The topological polar surface area (TPSA) is 53.4 Å². The van der Waals surface area contributed by atoms with Crippen LogP contribution in [0.3, 0.4) is 0 Å². The maximum Gasteiger partial charge on any atom is 0.306 e. The Kier molecular flexibility index (Phi) is 7.34. The molecule has 0 fully saturated rings. The van der Waals surface area contributed by atoms with Crippen LogP contribution in [0.5, 0.6) is 5.75 Å². The van der Waals surface area contributed by atoms with E-state index in [9.17, 15) is 4.79 Å². The summed E-state index contributed by atoms with van der Waals surface area (Å²) in [4.78, 5) is 11.9. The molecule has 2 aromatic carbocycles. The molecular formula is C30H38N2O3. The van der Waals surface area contributed by atoms with E-state index in [1.165, 1.54) is 27.8 Å². The van der Waals surface area contributed by atoms with E-state index in [4.69, 9.17) is 14.6 Å². The number of hydrogen-bond donors (Lipinski definition) is 0. The van der Waals surface area contributed by atoms with E-state index >= 15 is 0 Å². The molecule has 0 N–H and O–H groups in total. The van der Waals surface area contributed by atoms with E-state index in [0.29, 0.717) is 26.2 Å². The molecule has 0 spiro atoms. The minimum absolute atomic E-state index is 0.111. The molecule has 0 saturated carbocycles. The number of ether oxygens (including phenoxy) is 2. The van der Waals surface area contributed by atoms with Crippen molar-refractivity contribution in [1.82, 2.24) is 9.78 Å². The van der Waals surface area contributed by atoms with Crippen molar-refractivity contribution in [3.05, 3.63) is 70.5 Å². The maximum atomic E-state index is 11.9. The first-order valence-electron chi connectivity index (χ1n) is 12.7. The number of rotatable bonds is 8. The van der Waals surface area contributed by atoms with E-state index in [-0.39, 0.29) is 17.3 Å². The summed E-state index contributed by atoms with van der Waals surface area (Å²) in [7, 11) is 0. The van der Waals surface area contributed by atoms with E-state index in [1.807, 2.05) is 17.7 Å². The number of carbonyl (C=O) groups excluding carboxylic acids is 1. The zero-order valence-corrected chi connectivity index (χ0v) is 22.0. The predicted octanol–water partition coefficient (Wildman–Crippen LogP) is 6.53. The lowest BCUT2D eigenvalue weighted by Crippen LogP contribution is -2.11. The first-order valence-corrected chi connectivity index (χ1v) is 12.7. The van der Waals surface area contributed by atoms with Crippen LogP contribution in [0.2, 0.25) is 0 Å². The van der Waals surface area contributed by atoms with Crippen molar-refractivity contribution in [2.75, 3.05) is 13.2 Å². The van der Waals surface area contributed by atoms with Crippen LogP contribution in [0.1, 0.15) is 74.5 Å². The SMILES string of the molecule is CCOC(=O)C[C@@H]1CCc2cc(OCCn3nc(C)c(-c4ccc(C(C)(C)C)cc4)c3C)ccc21. The van der Waals surface area contributed by atoms with Crippen LogP contribution in [0.15, 0.2) is 42.5 Å². The summed E-state index contributed by atoms with van der Waals surface area (Å²) in [5.74, 6) is 1.02. The third-order valence-corrected chi connectivity index (χ3v) is 7.03. The Hall–Kier alpha value is -3.08. The van der Waals surface area contributed by atoms with Gasteiger partial charge in [0.2, 0.25) is 0 Å². The highest BCUT2D eigenvalue weighted by Crippen LogP contribution is 2.37. The van der Waals surface area contributed by atoms with Gasteiger partial charge < -0.3 is 9.47 Å². The Labute approximate surface area is 209 Å². The second-order valence-corrected chi connectivity index (χ2v) is 10.6. The average Bonchev–Trinajstić information content (AvgIpc) is 3.33. The quantitative estimate of drug-likeness (QED) is 0.349. The van der Waals surface area contributed by atoms with Gasteiger partial charge in [-0.25, -0.2) is 0 Å². The number of fused-ring (bicyclic) bond motifs is 1. The van der Waals surface area contributed by atoms with E-state index in [2.05, 4.69) is 71.0 Å². The fraction of sp³-hybridized carbons (Fsp3) is 0.467. The Morgan fingerprint density at radius 2 is 1.86 bits per heavy atom. The van der Waals surface area contributed by atoms with Gasteiger partial charge in [-0.2, -0.15) is 5.10 Å². The number of aromatic nitrogens is 2. The first-order chi connectivity index (χ1) is 16.7. The largest absolute Gasteiger partial charge is 0.492 e. The van der Waals surface area contributed by atoms with Gasteiger partial charge >= 0.3 is 5.97 Å². The zero-order valence-electron chi connectivity index (χ0n) is 22.0. The van der Waals surface area contributed by atoms with Crippen LogP contribution in [0, 0.1) is 13.8 Å².